The van der Waals surface area contributed by atoms with Crippen molar-refractivity contribution in [3.8, 4) is 0 Å². The molecule has 0 spiro atoms. The number of rotatable bonds is 6. The Hall–Kier alpha value is -1.00. The Labute approximate surface area is 177 Å². The molecule has 0 amide bonds. The van der Waals surface area contributed by atoms with Gasteiger partial charge in [0.15, 0.2) is 0 Å². The fourth-order valence-corrected chi connectivity index (χ4v) is 4.25. The number of allylic oxidation sites excluding steroid dienone is 5. The van der Waals surface area contributed by atoms with Crippen molar-refractivity contribution in [2.75, 3.05) is 0 Å². The van der Waals surface area contributed by atoms with Crippen LogP contribution in [0, 0.1) is 16.7 Å². The van der Waals surface area contributed by atoms with Crippen LogP contribution in [0.3, 0.4) is 0 Å². The van der Waals surface area contributed by atoms with Crippen LogP contribution in [0.1, 0.15) is 119 Å². The first-order valence-electron chi connectivity index (χ1n) is 12.1. The first-order valence-corrected chi connectivity index (χ1v) is 12.1. The van der Waals surface area contributed by atoms with Crippen molar-refractivity contribution in [3.63, 3.8) is 0 Å². The minimum absolute atomic E-state index is 0.232. The molecule has 0 heterocycles. The zero-order valence-electron chi connectivity index (χ0n) is 20.2. The maximum Gasteiger partial charge on any atom is -0.00891 e. The van der Waals surface area contributed by atoms with Gasteiger partial charge in [-0.3, -0.25) is 0 Å². The molecule has 0 bridgehead atoms. The van der Waals surface area contributed by atoms with E-state index in [0.29, 0.717) is 11.3 Å². The van der Waals surface area contributed by atoms with E-state index >= 15 is 0 Å². The molecule has 0 aromatic carbocycles. The lowest BCUT2D eigenvalue weighted by Gasteiger charge is -2.44. The maximum atomic E-state index is 3.65. The quantitative estimate of drug-likeness (QED) is 0.243. The lowest BCUT2D eigenvalue weighted by Crippen LogP contribution is -2.34. The van der Waals surface area contributed by atoms with Crippen LogP contribution in [0.5, 0.6) is 0 Å². The predicted molar refractivity (Wildman–Crippen MR) is 128 cm³/mol. The highest BCUT2D eigenvalue weighted by Gasteiger charge is 2.38. The van der Waals surface area contributed by atoms with Gasteiger partial charge in [0.05, 0.1) is 0 Å². The second-order valence-corrected chi connectivity index (χ2v) is 9.82. The average Bonchev–Trinajstić information content (AvgIpc) is 2.67. The molecular weight excluding hydrogens is 336 g/mol. The van der Waals surface area contributed by atoms with Crippen LogP contribution in [-0.4, -0.2) is 0 Å². The molecule has 0 heteroatoms. The van der Waals surface area contributed by atoms with Crippen molar-refractivity contribution in [1.82, 2.24) is 0 Å². The molecule has 0 saturated carbocycles. The highest BCUT2D eigenvalue weighted by molar-refractivity contribution is 5.26. The molecule has 28 heavy (non-hydrogen) atoms. The monoisotopic (exact) mass is 384 g/mol. The second-order valence-electron chi connectivity index (χ2n) is 9.82. The van der Waals surface area contributed by atoms with E-state index in [1.165, 1.54) is 68.9 Å². The molecule has 0 N–H and O–H groups in total. The SMILES string of the molecule is CCC(=C=CC(=CC1(C)CCCCCCC=CCCC1(C)C)C(C)CC)CC. The molecule has 0 nitrogen and oxygen atoms in total. The lowest BCUT2D eigenvalue weighted by molar-refractivity contribution is 0.116. The first-order chi connectivity index (χ1) is 13.3. The summed E-state index contributed by atoms with van der Waals surface area (Å²) in [6.45, 7) is 16.7. The smallest absolute Gasteiger partial charge is 0.00891 e. The van der Waals surface area contributed by atoms with Crippen LogP contribution in [0.25, 0.3) is 0 Å². The molecule has 0 aromatic heterocycles. The van der Waals surface area contributed by atoms with E-state index in [1.54, 1.807) is 0 Å². The van der Waals surface area contributed by atoms with Crippen LogP contribution >= 0.6 is 0 Å². The van der Waals surface area contributed by atoms with Crippen LogP contribution in [0.2, 0.25) is 0 Å². The lowest BCUT2D eigenvalue weighted by atomic mass is 9.61. The molecule has 1 rings (SSSR count). The van der Waals surface area contributed by atoms with E-state index in [4.69, 9.17) is 0 Å². The van der Waals surface area contributed by atoms with Crippen molar-refractivity contribution in [2.24, 2.45) is 16.7 Å². The maximum absolute atomic E-state index is 3.65. The van der Waals surface area contributed by atoms with E-state index < -0.39 is 0 Å². The fourth-order valence-electron chi connectivity index (χ4n) is 4.25. The van der Waals surface area contributed by atoms with Crippen molar-refractivity contribution in [2.45, 2.75) is 119 Å². The first kappa shape index (κ1) is 25.0. The Morgan fingerprint density at radius 1 is 0.929 bits per heavy atom. The molecule has 0 aromatic rings. The van der Waals surface area contributed by atoms with Gasteiger partial charge in [0.25, 0.3) is 0 Å². The second kappa shape index (κ2) is 12.5. The molecule has 160 valence electrons. The molecule has 0 radical (unpaired) electrons. The molecule has 1 aliphatic rings. The fraction of sp³-hybridized carbons (Fsp3) is 0.750. The van der Waals surface area contributed by atoms with E-state index in [1.807, 2.05) is 0 Å². The summed E-state index contributed by atoms with van der Waals surface area (Å²) in [5.74, 6) is 0.594. The third-order valence-corrected chi connectivity index (χ3v) is 7.43. The van der Waals surface area contributed by atoms with Gasteiger partial charge < -0.3 is 0 Å². The van der Waals surface area contributed by atoms with Gasteiger partial charge in [0.2, 0.25) is 0 Å². The van der Waals surface area contributed by atoms with E-state index in [9.17, 15) is 0 Å². The standard InChI is InChI=1S/C28H48/c1-8-24(4)26(20-19-25(9-2)10-3)23-28(7)22-18-16-14-12-11-13-15-17-21-27(28,5)6/h13,15,20,23-24H,8-12,14,16-18,21-22H2,1-7H3. The van der Waals surface area contributed by atoms with Crippen LogP contribution in [0.15, 0.2) is 41.2 Å². The Morgan fingerprint density at radius 3 is 2.21 bits per heavy atom. The average molecular weight is 385 g/mol. The molecule has 2 unspecified atom stereocenters. The van der Waals surface area contributed by atoms with Crippen molar-refractivity contribution < 1.29 is 0 Å². The highest BCUT2D eigenvalue weighted by atomic mass is 14.4. The normalized spacial score (nSPS) is 25.2. The molecule has 0 aliphatic heterocycles. The molecule has 0 fully saturated rings. The van der Waals surface area contributed by atoms with Gasteiger partial charge in [-0.05, 0) is 85.3 Å². The van der Waals surface area contributed by atoms with E-state index in [-0.39, 0.29) is 5.41 Å². The van der Waals surface area contributed by atoms with Gasteiger partial charge in [-0.2, -0.15) is 0 Å². The third kappa shape index (κ3) is 7.79. The van der Waals surface area contributed by atoms with Crippen LogP contribution in [-0.2, 0) is 0 Å². The summed E-state index contributed by atoms with van der Waals surface area (Å²) in [6, 6.07) is 0. The highest BCUT2D eigenvalue weighted by Crippen LogP contribution is 2.48. The molecule has 0 saturated heterocycles. The van der Waals surface area contributed by atoms with Crippen molar-refractivity contribution in [3.05, 3.63) is 41.2 Å². The molecule has 2 atom stereocenters. The Kier molecular flexibility index (Phi) is 11.2. The predicted octanol–water partition coefficient (Wildman–Crippen LogP) is 9.58. The summed E-state index contributed by atoms with van der Waals surface area (Å²) in [7, 11) is 0. The van der Waals surface area contributed by atoms with Gasteiger partial charge in [-0.15, -0.1) is 5.73 Å². The summed E-state index contributed by atoms with van der Waals surface area (Å²) in [4.78, 5) is 0. The topological polar surface area (TPSA) is 0 Å². The summed E-state index contributed by atoms with van der Waals surface area (Å²) >= 11 is 0. The largest absolute Gasteiger partial charge is 0.121 e. The van der Waals surface area contributed by atoms with Crippen LogP contribution in [0.4, 0.5) is 0 Å². The van der Waals surface area contributed by atoms with Gasteiger partial charge in [-0.25, -0.2) is 0 Å². The third-order valence-electron chi connectivity index (χ3n) is 7.43. The van der Waals surface area contributed by atoms with Gasteiger partial charge in [0.1, 0.15) is 0 Å². The van der Waals surface area contributed by atoms with Gasteiger partial charge in [-0.1, -0.05) is 86.0 Å². The minimum Gasteiger partial charge on any atom is -0.121 e. The zero-order valence-corrected chi connectivity index (χ0v) is 20.2. The van der Waals surface area contributed by atoms with Crippen LogP contribution < -0.4 is 0 Å². The Morgan fingerprint density at radius 2 is 1.57 bits per heavy atom. The molecular formula is C28H48. The van der Waals surface area contributed by atoms with Crippen molar-refractivity contribution >= 4 is 0 Å². The zero-order chi connectivity index (χ0) is 21.0. The summed E-state index contributed by atoms with van der Waals surface area (Å²) in [5, 5.41) is 0. The Bertz CT molecular complexity index is 559. The summed E-state index contributed by atoms with van der Waals surface area (Å²) < 4.78 is 0. The minimum atomic E-state index is 0.232. The Balaban J connectivity index is 3.33. The number of hydrogen-bond donors (Lipinski definition) is 0. The number of hydrogen-bond acceptors (Lipinski definition) is 0. The summed E-state index contributed by atoms with van der Waals surface area (Å²) in [6.07, 6.45) is 23.7. The molecule has 1 aliphatic carbocycles. The van der Waals surface area contributed by atoms with Crippen molar-refractivity contribution in [1.29, 1.82) is 0 Å². The van der Waals surface area contributed by atoms with E-state index in [0.717, 1.165) is 12.8 Å². The van der Waals surface area contributed by atoms with E-state index in [2.05, 4.69) is 78.5 Å². The summed E-state index contributed by atoms with van der Waals surface area (Å²) in [5.41, 5.74) is 7.11. The van der Waals surface area contributed by atoms with Gasteiger partial charge >= 0.3 is 0 Å². The van der Waals surface area contributed by atoms with Gasteiger partial charge in [0, 0.05) is 0 Å².